The van der Waals surface area contributed by atoms with E-state index >= 15 is 0 Å². The third-order valence-corrected chi connectivity index (χ3v) is 2.38. The van der Waals surface area contributed by atoms with Crippen LogP contribution in [0.2, 0.25) is 0 Å². The van der Waals surface area contributed by atoms with Gasteiger partial charge in [0.2, 0.25) is 6.54 Å². The van der Waals surface area contributed by atoms with Crippen molar-refractivity contribution in [1.82, 2.24) is 0 Å². The summed E-state index contributed by atoms with van der Waals surface area (Å²) in [5.74, 6) is 0.220. The summed E-state index contributed by atoms with van der Waals surface area (Å²) in [6.45, 7) is 1.57. The molecule has 72 valence electrons. The van der Waals surface area contributed by atoms with Crippen molar-refractivity contribution in [3.63, 3.8) is 0 Å². The van der Waals surface area contributed by atoms with Gasteiger partial charge < -0.3 is 0 Å². The molecule has 0 radical (unpaired) electrons. The van der Waals surface area contributed by atoms with Crippen LogP contribution in [0.3, 0.4) is 0 Å². The minimum atomic E-state index is -0.280. The molecule has 13 heavy (non-hydrogen) atoms. The SMILES string of the molecule is CC(=O)C1=CCC(C[N+](=O)[O-])CC1. The lowest BCUT2D eigenvalue weighted by molar-refractivity contribution is -0.488. The third kappa shape index (κ3) is 2.97. The molecule has 4 heteroatoms. The van der Waals surface area contributed by atoms with E-state index < -0.39 is 0 Å². The van der Waals surface area contributed by atoms with E-state index in [2.05, 4.69) is 0 Å². The van der Waals surface area contributed by atoms with Crippen LogP contribution in [0.1, 0.15) is 26.2 Å². The average molecular weight is 183 g/mol. The molecule has 0 aromatic carbocycles. The molecule has 0 aromatic heterocycles. The number of nitro groups is 1. The fourth-order valence-electron chi connectivity index (χ4n) is 1.58. The van der Waals surface area contributed by atoms with E-state index in [1.54, 1.807) is 6.92 Å². The first kappa shape index (κ1) is 9.89. The van der Waals surface area contributed by atoms with Crippen LogP contribution in [0.4, 0.5) is 0 Å². The van der Waals surface area contributed by atoms with Gasteiger partial charge in [-0.1, -0.05) is 6.08 Å². The summed E-state index contributed by atoms with van der Waals surface area (Å²) in [6, 6.07) is 0. The Hall–Kier alpha value is -1.19. The predicted octanol–water partition coefficient (Wildman–Crippen LogP) is 1.58. The molecule has 1 unspecified atom stereocenters. The van der Waals surface area contributed by atoms with Crippen molar-refractivity contribution >= 4 is 5.78 Å². The molecule has 0 amide bonds. The van der Waals surface area contributed by atoms with E-state index in [4.69, 9.17) is 0 Å². The highest BCUT2D eigenvalue weighted by Gasteiger charge is 2.20. The smallest absolute Gasteiger partial charge is 0.206 e. The summed E-state index contributed by atoms with van der Waals surface area (Å²) in [6.07, 6.45) is 4.00. The minimum Gasteiger partial charge on any atom is -0.295 e. The maximum Gasteiger partial charge on any atom is 0.206 e. The molecule has 0 saturated heterocycles. The second kappa shape index (κ2) is 4.16. The largest absolute Gasteiger partial charge is 0.295 e. The molecule has 0 heterocycles. The van der Waals surface area contributed by atoms with Crippen molar-refractivity contribution in [3.05, 3.63) is 21.8 Å². The van der Waals surface area contributed by atoms with Crippen molar-refractivity contribution < 1.29 is 9.72 Å². The van der Waals surface area contributed by atoms with Gasteiger partial charge in [-0.2, -0.15) is 0 Å². The molecule has 4 nitrogen and oxygen atoms in total. The number of Topliss-reactive ketones (excluding diaryl/α,β-unsaturated/α-hetero) is 1. The first-order valence-corrected chi connectivity index (χ1v) is 4.41. The number of rotatable bonds is 3. The van der Waals surface area contributed by atoms with Crippen LogP contribution >= 0.6 is 0 Å². The first-order chi connectivity index (χ1) is 6.09. The molecular formula is C9H13NO3. The monoisotopic (exact) mass is 183 g/mol. The van der Waals surface area contributed by atoms with Gasteiger partial charge in [-0.15, -0.1) is 0 Å². The third-order valence-electron chi connectivity index (χ3n) is 2.38. The zero-order valence-electron chi connectivity index (χ0n) is 7.66. The fraction of sp³-hybridized carbons (Fsp3) is 0.667. The van der Waals surface area contributed by atoms with Crippen molar-refractivity contribution in [2.75, 3.05) is 6.54 Å². The van der Waals surface area contributed by atoms with Crippen molar-refractivity contribution in [2.24, 2.45) is 5.92 Å². The van der Waals surface area contributed by atoms with Crippen LogP contribution in [0.15, 0.2) is 11.6 Å². The van der Waals surface area contributed by atoms with Crippen LogP contribution in [0, 0.1) is 16.0 Å². The molecule has 1 atom stereocenters. The van der Waals surface area contributed by atoms with E-state index in [0.29, 0.717) is 12.8 Å². The summed E-state index contributed by atoms with van der Waals surface area (Å²) in [5, 5.41) is 10.2. The Morgan fingerprint density at radius 3 is 2.85 bits per heavy atom. The summed E-state index contributed by atoms with van der Waals surface area (Å²) in [5.41, 5.74) is 0.833. The summed E-state index contributed by atoms with van der Waals surface area (Å²) < 4.78 is 0. The van der Waals surface area contributed by atoms with Gasteiger partial charge in [0.1, 0.15) is 0 Å². The van der Waals surface area contributed by atoms with Crippen LogP contribution in [-0.2, 0) is 4.79 Å². The van der Waals surface area contributed by atoms with Gasteiger partial charge in [0, 0.05) is 10.8 Å². The number of hydrogen-bond acceptors (Lipinski definition) is 3. The van der Waals surface area contributed by atoms with Crippen LogP contribution in [0.5, 0.6) is 0 Å². The van der Waals surface area contributed by atoms with Crippen molar-refractivity contribution in [2.45, 2.75) is 26.2 Å². The molecule has 1 aliphatic carbocycles. The number of carbonyl (C=O) groups is 1. The molecule has 0 bridgehead atoms. The maximum atomic E-state index is 10.9. The number of allylic oxidation sites excluding steroid dienone is 2. The van der Waals surface area contributed by atoms with Gasteiger partial charge in [0.25, 0.3) is 0 Å². The summed E-state index contributed by atoms with van der Waals surface area (Å²) in [4.78, 5) is 20.8. The Labute approximate surface area is 76.8 Å². The Bertz CT molecular complexity index is 258. The predicted molar refractivity (Wildman–Crippen MR) is 48.0 cm³/mol. The standard InChI is InChI=1S/C9H13NO3/c1-7(11)9-4-2-8(3-5-9)6-10(12)13/h4,8H,2-3,5-6H2,1H3. The second-order valence-electron chi connectivity index (χ2n) is 3.44. The lowest BCUT2D eigenvalue weighted by Gasteiger charge is -2.16. The van der Waals surface area contributed by atoms with Gasteiger partial charge in [0.15, 0.2) is 5.78 Å². The highest BCUT2D eigenvalue weighted by Crippen LogP contribution is 2.23. The van der Waals surface area contributed by atoms with Gasteiger partial charge in [0.05, 0.1) is 0 Å². The second-order valence-corrected chi connectivity index (χ2v) is 3.44. The van der Waals surface area contributed by atoms with E-state index in [9.17, 15) is 14.9 Å². The molecule has 0 aliphatic heterocycles. The minimum absolute atomic E-state index is 0.0294. The number of ketones is 1. The Morgan fingerprint density at radius 2 is 2.46 bits per heavy atom. The Morgan fingerprint density at radius 1 is 1.77 bits per heavy atom. The molecule has 0 fully saturated rings. The Balaban J connectivity index is 2.46. The molecule has 0 spiro atoms. The highest BCUT2D eigenvalue weighted by atomic mass is 16.6. The van der Waals surface area contributed by atoms with E-state index in [1.807, 2.05) is 6.08 Å². The van der Waals surface area contributed by atoms with E-state index in [1.165, 1.54) is 0 Å². The molecule has 0 aromatic rings. The van der Waals surface area contributed by atoms with Gasteiger partial charge in [-0.3, -0.25) is 14.9 Å². The van der Waals surface area contributed by atoms with E-state index in [-0.39, 0.29) is 23.2 Å². The number of nitrogens with zero attached hydrogens (tertiary/aromatic N) is 1. The molecule has 1 aliphatic rings. The van der Waals surface area contributed by atoms with Crippen molar-refractivity contribution in [3.8, 4) is 0 Å². The molecular weight excluding hydrogens is 170 g/mol. The van der Waals surface area contributed by atoms with Crippen LogP contribution in [0.25, 0.3) is 0 Å². The Kier molecular flexibility index (Phi) is 3.17. The molecule has 1 rings (SSSR count). The molecule has 0 N–H and O–H groups in total. The quantitative estimate of drug-likeness (QED) is 0.493. The van der Waals surface area contributed by atoms with Gasteiger partial charge >= 0.3 is 0 Å². The number of hydrogen-bond donors (Lipinski definition) is 0. The topological polar surface area (TPSA) is 60.2 Å². The van der Waals surface area contributed by atoms with Gasteiger partial charge in [-0.05, 0) is 31.8 Å². The lowest BCUT2D eigenvalue weighted by Crippen LogP contribution is -2.17. The normalized spacial score (nSPS) is 22.2. The van der Waals surface area contributed by atoms with E-state index in [0.717, 1.165) is 12.0 Å². The highest BCUT2D eigenvalue weighted by molar-refractivity contribution is 5.93. The van der Waals surface area contributed by atoms with Gasteiger partial charge in [-0.25, -0.2) is 0 Å². The summed E-state index contributed by atoms with van der Waals surface area (Å²) in [7, 11) is 0. The van der Waals surface area contributed by atoms with Crippen LogP contribution < -0.4 is 0 Å². The summed E-state index contributed by atoms with van der Waals surface area (Å²) >= 11 is 0. The van der Waals surface area contributed by atoms with Crippen LogP contribution in [-0.4, -0.2) is 17.3 Å². The zero-order valence-corrected chi connectivity index (χ0v) is 7.66. The maximum absolute atomic E-state index is 10.9. The average Bonchev–Trinajstić information content (AvgIpc) is 2.04. The fourth-order valence-corrected chi connectivity index (χ4v) is 1.58. The number of carbonyl (C=O) groups excluding carboxylic acids is 1. The molecule has 0 saturated carbocycles. The zero-order chi connectivity index (χ0) is 9.84. The van der Waals surface area contributed by atoms with Crippen molar-refractivity contribution in [1.29, 1.82) is 0 Å². The lowest BCUT2D eigenvalue weighted by atomic mass is 9.88. The first-order valence-electron chi connectivity index (χ1n) is 4.41.